The van der Waals surface area contributed by atoms with Gasteiger partial charge in [-0.1, -0.05) is 32.6 Å². The van der Waals surface area contributed by atoms with Gasteiger partial charge in [0.1, 0.15) is 5.82 Å². The molecule has 0 spiro atoms. The molecule has 4 nitrogen and oxygen atoms in total. The Morgan fingerprint density at radius 2 is 2.18 bits per heavy atom. The highest BCUT2D eigenvalue weighted by atomic mass is 16.1. The minimum absolute atomic E-state index is 0.160. The molecule has 0 aliphatic heterocycles. The third-order valence-electron chi connectivity index (χ3n) is 2.75. The third-order valence-corrected chi connectivity index (χ3v) is 2.75. The van der Waals surface area contributed by atoms with Crippen molar-refractivity contribution < 1.29 is 4.79 Å². The van der Waals surface area contributed by atoms with Crippen molar-refractivity contribution in [2.75, 3.05) is 6.54 Å². The lowest BCUT2D eigenvalue weighted by atomic mass is 10.1. The van der Waals surface area contributed by atoms with Crippen molar-refractivity contribution in [1.82, 2.24) is 15.3 Å². The van der Waals surface area contributed by atoms with Crippen LogP contribution >= 0.6 is 0 Å². The van der Waals surface area contributed by atoms with Crippen molar-refractivity contribution in [2.45, 2.75) is 51.9 Å². The molecule has 0 aliphatic carbocycles. The number of carbonyl (C=O) groups is 1. The van der Waals surface area contributed by atoms with Crippen molar-refractivity contribution in [1.29, 1.82) is 0 Å². The highest BCUT2D eigenvalue weighted by molar-refractivity contribution is 5.75. The van der Waals surface area contributed by atoms with Gasteiger partial charge in [0, 0.05) is 31.8 Å². The zero-order chi connectivity index (χ0) is 12.3. The number of imidazole rings is 1. The molecule has 1 amide bonds. The minimum Gasteiger partial charge on any atom is -0.356 e. The molecule has 0 atom stereocenters. The van der Waals surface area contributed by atoms with Crippen LogP contribution in [0, 0.1) is 0 Å². The summed E-state index contributed by atoms with van der Waals surface area (Å²) in [6.07, 6.45) is 10.9. The van der Waals surface area contributed by atoms with E-state index in [1.54, 1.807) is 12.4 Å². The Kier molecular flexibility index (Phi) is 7.11. The fraction of sp³-hybridized carbons (Fsp3) is 0.692. The molecule has 0 radical (unpaired) electrons. The molecule has 0 saturated heterocycles. The Bertz CT molecular complexity index is 296. The lowest BCUT2D eigenvalue weighted by molar-refractivity contribution is -0.121. The lowest BCUT2D eigenvalue weighted by Crippen LogP contribution is -2.25. The summed E-state index contributed by atoms with van der Waals surface area (Å²) in [5, 5.41) is 2.91. The van der Waals surface area contributed by atoms with Crippen molar-refractivity contribution in [3.05, 3.63) is 18.2 Å². The molecule has 0 aromatic carbocycles. The van der Waals surface area contributed by atoms with Gasteiger partial charge >= 0.3 is 0 Å². The third kappa shape index (κ3) is 6.76. The monoisotopic (exact) mass is 237 g/mol. The first-order valence-electron chi connectivity index (χ1n) is 6.58. The molecule has 0 unspecified atom stereocenters. The van der Waals surface area contributed by atoms with E-state index in [0.29, 0.717) is 13.0 Å². The summed E-state index contributed by atoms with van der Waals surface area (Å²) < 4.78 is 0. The second-order valence-electron chi connectivity index (χ2n) is 4.30. The smallest absolute Gasteiger partial charge is 0.220 e. The molecule has 2 N–H and O–H groups in total. The first kappa shape index (κ1) is 13.7. The van der Waals surface area contributed by atoms with Crippen LogP contribution in [0.15, 0.2) is 12.4 Å². The van der Waals surface area contributed by atoms with Crippen LogP contribution in [0.25, 0.3) is 0 Å². The molecule has 4 heteroatoms. The lowest BCUT2D eigenvalue weighted by Gasteiger charge is -2.03. The van der Waals surface area contributed by atoms with Crippen molar-refractivity contribution in [3.8, 4) is 0 Å². The summed E-state index contributed by atoms with van der Waals surface area (Å²) in [6, 6.07) is 0. The van der Waals surface area contributed by atoms with Crippen LogP contribution < -0.4 is 5.32 Å². The molecule has 1 rings (SSSR count). The van der Waals surface area contributed by atoms with E-state index in [1.807, 2.05) is 0 Å². The van der Waals surface area contributed by atoms with Crippen LogP contribution in [0.2, 0.25) is 0 Å². The zero-order valence-electron chi connectivity index (χ0n) is 10.7. The van der Waals surface area contributed by atoms with Crippen molar-refractivity contribution in [3.63, 3.8) is 0 Å². The van der Waals surface area contributed by atoms with E-state index in [-0.39, 0.29) is 5.91 Å². The summed E-state index contributed by atoms with van der Waals surface area (Å²) in [4.78, 5) is 18.6. The Hall–Kier alpha value is -1.32. The molecule has 0 saturated carbocycles. The van der Waals surface area contributed by atoms with E-state index >= 15 is 0 Å². The zero-order valence-corrected chi connectivity index (χ0v) is 10.7. The molecule has 96 valence electrons. The molecule has 0 fully saturated rings. The Labute approximate surface area is 103 Å². The Morgan fingerprint density at radius 3 is 2.88 bits per heavy atom. The van der Waals surface area contributed by atoms with Gasteiger partial charge in [-0.15, -0.1) is 0 Å². The van der Waals surface area contributed by atoms with Gasteiger partial charge < -0.3 is 10.3 Å². The van der Waals surface area contributed by atoms with E-state index < -0.39 is 0 Å². The number of aromatic amines is 1. The number of hydrogen-bond donors (Lipinski definition) is 2. The molecular formula is C13H23N3O. The van der Waals surface area contributed by atoms with Gasteiger partial charge in [0.15, 0.2) is 0 Å². The number of rotatable bonds is 9. The van der Waals surface area contributed by atoms with Crippen LogP contribution in [0.4, 0.5) is 0 Å². The second-order valence-corrected chi connectivity index (χ2v) is 4.30. The topological polar surface area (TPSA) is 57.8 Å². The van der Waals surface area contributed by atoms with Crippen molar-refractivity contribution >= 4 is 5.91 Å². The van der Waals surface area contributed by atoms with E-state index in [4.69, 9.17) is 0 Å². The summed E-state index contributed by atoms with van der Waals surface area (Å²) >= 11 is 0. The first-order chi connectivity index (χ1) is 8.33. The van der Waals surface area contributed by atoms with E-state index in [2.05, 4.69) is 22.2 Å². The highest BCUT2D eigenvalue weighted by Gasteiger charge is 2.01. The Balaban J connectivity index is 1.94. The number of hydrogen-bond acceptors (Lipinski definition) is 2. The predicted molar refractivity (Wildman–Crippen MR) is 68.7 cm³/mol. The predicted octanol–water partition coefficient (Wildman–Crippen LogP) is 2.43. The molecule has 0 bridgehead atoms. The molecule has 1 aromatic heterocycles. The van der Waals surface area contributed by atoms with Gasteiger partial charge in [0.2, 0.25) is 5.91 Å². The van der Waals surface area contributed by atoms with Gasteiger partial charge in [0.25, 0.3) is 0 Å². The maximum atomic E-state index is 11.5. The number of amides is 1. The van der Waals surface area contributed by atoms with Gasteiger partial charge in [-0.25, -0.2) is 4.98 Å². The number of nitrogens with zero attached hydrogens (tertiary/aromatic N) is 1. The largest absolute Gasteiger partial charge is 0.356 e. The van der Waals surface area contributed by atoms with Crippen LogP contribution in [0.1, 0.15) is 51.3 Å². The summed E-state index contributed by atoms with van der Waals surface area (Å²) in [5.41, 5.74) is 0. The number of aromatic nitrogens is 2. The molecule has 0 aliphatic rings. The maximum Gasteiger partial charge on any atom is 0.220 e. The minimum atomic E-state index is 0.160. The second kappa shape index (κ2) is 8.79. The maximum absolute atomic E-state index is 11.5. The average Bonchev–Trinajstić information content (AvgIpc) is 2.82. The van der Waals surface area contributed by atoms with Gasteiger partial charge in [-0.05, 0) is 6.42 Å². The summed E-state index contributed by atoms with van der Waals surface area (Å²) in [5.74, 6) is 1.08. The fourth-order valence-electron chi connectivity index (χ4n) is 1.73. The first-order valence-corrected chi connectivity index (χ1v) is 6.58. The van der Waals surface area contributed by atoms with E-state index in [9.17, 15) is 4.79 Å². The van der Waals surface area contributed by atoms with E-state index in [0.717, 1.165) is 18.7 Å². The number of H-pyrrole nitrogens is 1. The molecule has 17 heavy (non-hydrogen) atoms. The van der Waals surface area contributed by atoms with Gasteiger partial charge in [-0.3, -0.25) is 4.79 Å². The number of carbonyl (C=O) groups excluding carboxylic acids is 1. The Morgan fingerprint density at radius 1 is 1.35 bits per heavy atom. The standard InChI is InChI=1S/C13H23N3O/c1-2-3-4-5-6-7-13(17)16-9-8-12-14-10-11-15-12/h10-11H,2-9H2,1H3,(H,14,15)(H,16,17). The van der Waals surface area contributed by atoms with Crippen LogP contribution in [0.3, 0.4) is 0 Å². The van der Waals surface area contributed by atoms with Gasteiger partial charge in [-0.2, -0.15) is 0 Å². The average molecular weight is 237 g/mol. The van der Waals surface area contributed by atoms with Crippen LogP contribution in [-0.4, -0.2) is 22.4 Å². The van der Waals surface area contributed by atoms with Gasteiger partial charge in [0.05, 0.1) is 0 Å². The fourth-order valence-corrected chi connectivity index (χ4v) is 1.73. The summed E-state index contributed by atoms with van der Waals surface area (Å²) in [7, 11) is 0. The van der Waals surface area contributed by atoms with E-state index in [1.165, 1.54) is 25.7 Å². The highest BCUT2D eigenvalue weighted by Crippen LogP contribution is 2.04. The van der Waals surface area contributed by atoms with Crippen molar-refractivity contribution in [2.24, 2.45) is 0 Å². The normalized spacial score (nSPS) is 10.4. The number of unbranched alkanes of at least 4 members (excludes halogenated alkanes) is 4. The molecule has 1 aromatic rings. The van der Waals surface area contributed by atoms with Crippen LogP contribution in [0.5, 0.6) is 0 Å². The molecule has 1 heterocycles. The number of nitrogens with one attached hydrogen (secondary N) is 2. The molecular weight excluding hydrogens is 214 g/mol. The SMILES string of the molecule is CCCCCCCC(=O)NCCc1ncc[nH]1. The quantitative estimate of drug-likeness (QED) is 0.648. The van der Waals surface area contributed by atoms with Crippen LogP contribution in [-0.2, 0) is 11.2 Å². The summed E-state index contributed by atoms with van der Waals surface area (Å²) in [6.45, 7) is 2.86.